The summed E-state index contributed by atoms with van der Waals surface area (Å²) in [7, 11) is 1.78. The third kappa shape index (κ3) is 3.22. The van der Waals surface area contributed by atoms with Crippen LogP contribution in [0.25, 0.3) is 0 Å². The highest BCUT2D eigenvalue weighted by Crippen LogP contribution is 2.33. The van der Waals surface area contributed by atoms with Gasteiger partial charge in [0.1, 0.15) is 11.6 Å². The Balaban J connectivity index is 2.47. The third-order valence-electron chi connectivity index (χ3n) is 3.57. The van der Waals surface area contributed by atoms with Gasteiger partial charge in [-0.25, -0.2) is 8.78 Å². The Morgan fingerprint density at radius 3 is 2.43 bits per heavy atom. The summed E-state index contributed by atoms with van der Waals surface area (Å²) in [6.07, 6.45) is 0. The molecular weight excluding hydrogens is 272 g/mol. The molecule has 1 unspecified atom stereocenters. The largest absolute Gasteiger partial charge is 0.454 e. The van der Waals surface area contributed by atoms with Gasteiger partial charge in [0.05, 0.1) is 0 Å². The van der Waals surface area contributed by atoms with E-state index in [1.54, 1.807) is 45.2 Å². The first-order chi connectivity index (χ1) is 9.93. The Morgan fingerprint density at radius 1 is 1.05 bits per heavy atom. The van der Waals surface area contributed by atoms with Crippen molar-refractivity contribution >= 4 is 0 Å². The van der Waals surface area contributed by atoms with Gasteiger partial charge < -0.3 is 10.1 Å². The van der Waals surface area contributed by atoms with Crippen LogP contribution in [0.3, 0.4) is 0 Å². The molecule has 0 fully saturated rings. The lowest BCUT2D eigenvalue weighted by molar-refractivity contribution is 0.427. The van der Waals surface area contributed by atoms with Crippen molar-refractivity contribution in [3.63, 3.8) is 0 Å². The molecule has 0 saturated heterocycles. The molecular formula is C17H19F2NO. The van der Waals surface area contributed by atoms with Crippen LogP contribution < -0.4 is 10.1 Å². The average molecular weight is 291 g/mol. The first kappa shape index (κ1) is 15.4. The topological polar surface area (TPSA) is 21.3 Å². The summed E-state index contributed by atoms with van der Waals surface area (Å²) in [6, 6.07) is 7.89. The van der Waals surface area contributed by atoms with E-state index in [1.807, 2.05) is 6.92 Å². The van der Waals surface area contributed by atoms with E-state index >= 15 is 0 Å². The zero-order valence-corrected chi connectivity index (χ0v) is 12.6. The summed E-state index contributed by atoms with van der Waals surface area (Å²) >= 11 is 0. The number of hydrogen-bond acceptors (Lipinski definition) is 2. The molecule has 2 aromatic carbocycles. The molecule has 112 valence electrons. The quantitative estimate of drug-likeness (QED) is 0.885. The fourth-order valence-electron chi connectivity index (χ4n) is 2.07. The SMILES string of the molecule is CNC(C)c1cc(F)c(C)cc1Oc1cccc(C)c1F. The first-order valence-electron chi connectivity index (χ1n) is 6.84. The Bertz CT molecular complexity index is 655. The third-order valence-corrected chi connectivity index (χ3v) is 3.57. The van der Waals surface area contributed by atoms with Gasteiger partial charge in [0, 0.05) is 11.6 Å². The summed E-state index contributed by atoms with van der Waals surface area (Å²) < 4.78 is 33.5. The number of hydrogen-bond donors (Lipinski definition) is 1. The van der Waals surface area contributed by atoms with Crippen molar-refractivity contribution in [3.05, 3.63) is 58.7 Å². The van der Waals surface area contributed by atoms with Gasteiger partial charge in [-0.1, -0.05) is 12.1 Å². The summed E-state index contributed by atoms with van der Waals surface area (Å²) in [6.45, 7) is 5.22. The molecule has 0 aromatic heterocycles. The maximum absolute atomic E-state index is 14.1. The number of ether oxygens (including phenoxy) is 1. The van der Waals surface area contributed by atoms with Crippen LogP contribution in [0, 0.1) is 25.5 Å². The molecule has 2 nitrogen and oxygen atoms in total. The highest BCUT2D eigenvalue weighted by molar-refractivity contribution is 5.43. The molecule has 0 saturated carbocycles. The Morgan fingerprint density at radius 2 is 1.76 bits per heavy atom. The maximum atomic E-state index is 14.1. The molecule has 0 amide bonds. The molecule has 0 aliphatic carbocycles. The standard InChI is InChI=1S/C17H19F2NO/c1-10-6-5-7-15(17(10)19)21-16-8-11(2)14(18)9-13(16)12(3)20-4/h5-9,12,20H,1-4H3. The van der Waals surface area contributed by atoms with Crippen molar-refractivity contribution < 1.29 is 13.5 Å². The molecule has 1 atom stereocenters. The molecule has 0 bridgehead atoms. The lowest BCUT2D eigenvalue weighted by Crippen LogP contribution is -2.14. The van der Waals surface area contributed by atoms with Gasteiger partial charge in [0.2, 0.25) is 0 Å². The number of aryl methyl sites for hydroxylation is 2. The second kappa shape index (κ2) is 6.22. The van der Waals surface area contributed by atoms with Gasteiger partial charge >= 0.3 is 0 Å². The molecule has 0 aliphatic heterocycles. The van der Waals surface area contributed by atoms with Gasteiger partial charge in [-0.05, 0) is 57.1 Å². The van der Waals surface area contributed by atoms with Crippen LogP contribution >= 0.6 is 0 Å². The second-order valence-corrected chi connectivity index (χ2v) is 5.14. The van der Waals surface area contributed by atoms with Crippen LogP contribution in [-0.4, -0.2) is 7.05 Å². The number of rotatable bonds is 4. The molecule has 2 rings (SSSR count). The summed E-state index contributed by atoms with van der Waals surface area (Å²) in [5.74, 6) is -0.0995. The van der Waals surface area contributed by atoms with Crippen LogP contribution in [0.2, 0.25) is 0 Å². The predicted molar refractivity (Wildman–Crippen MR) is 79.8 cm³/mol. The fraction of sp³-hybridized carbons (Fsp3) is 0.294. The molecule has 2 aromatic rings. The molecule has 0 aliphatic rings. The molecule has 4 heteroatoms. The fourth-order valence-corrected chi connectivity index (χ4v) is 2.07. The van der Waals surface area contributed by atoms with Crippen LogP contribution in [0.4, 0.5) is 8.78 Å². The second-order valence-electron chi connectivity index (χ2n) is 5.14. The van der Waals surface area contributed by atoms with E-state index in [2.05, 4.69) is 5.32 Å². The van der Waals surface area contributed by atoms with Gasteiger partial charge in [0.15, 0.2) is 11.6 Å². The highest BCUT2D eigenvalue weighted by Gasteiger charge is 2.16. The minimum atomic E-state index is -0.400. The minimum absolute atomic E-state index is 0.108. The van der Waals surface area contributed by atoms with E-state index in [0.29, 0.717) is 22.4 Å². The van der Waals surface area contributed by atoms with E-state index in [4.69, 9.17) is 4.74 Å². The van der Waals surface area contributed by atoms with E-state index in [1.165, 1.54) is 6.07 Å². The zero-order chi connectivity index (χ0) is 15.6. The highest BCUT2D eigenvalue weighted by atomic mass is 19.1. The summed E-state index contributed by atoms with van der Waals surface area (Å²) in [5.41, 5.74) is 1.63. The Labute approximate surface area is 123 Å². The van der Waals surface area contributed by atoms with Crippen molar-refractivity contribution in [3.8, 4) is 11.5 Å². The lowest BCUT2D eigenvalue weighted by Gasteiger charge is -2.18. The molecule has 1 N–H and O–H groups in total. The van der Waals surface area contributed by atoms with Gasteiger partial charge in [-0.2, -0.15) is 0 Å². The monoisotopic (exact) mass is 291 g/mol. The molecule has 0 radical (unpaired) electrons. The van der Waals surface area contributed by atoms with E-state index < -0.39 is 5.82 Å². The van der Waals surface area contributed by atoms with Crippen molar-refractivity contribution in [1.82, 2.24) is 5.32 Å². The average Bonchev–Trinajstić information content (AvgIpc) is 2.46. The van der Waals surface area contributed by atoms with E-state index in [9.17, 15) is 8.78 Å². The van der Waals surface area contributed by atoms with Crippen LogP contribution in [-0.2, 0) is 0 Å². The van der Waals surface area contributed by atoms with Crippen molar-refractivity contribution in [1.29, 1.82) is 0 Å². The first-order valence-corrected chi connectivity index (χ1v) is 6.84. The maximum Gasteiger partial charge on any atom is 0.168 e. The van der Waals surface area contributed by atoms with Crippen molar-refractivity contribution in [2.75, 3.05) is 7.05 Å². The van der Waals surface area contributed by atoms with Crippen molar-refractivity contribution in [2.24, 2.45) is 0 Å². The van der Waals surface area contributed by atoms with Gasteiger partial charge in [0.25, 0.3) is 0 Å². The normalized spacial score (nSPS) is 12.3. The van der Waals surface area contributed by atoms with Crippen LogP contribution in [0.15, 0.2) is 30.3 Å². The molecule has 0 heterocycles. The zero-order valence-electron chi connectivity index (χ0n) is 12.6. The minimum Gasteiger partial charge on any atom is -0.454 e. The van der Waals surface area contributed by atoms with E-state index in [-0.39, 0.29) is 17.6 Å². The van der Waals surface area contributed by atoms with Crippen LogP contribution in [0.1, 0.15) is 29.7 Å². The Hall–Kier alpha value is -1.94. The molecule has 21 heavy (non-hydrogen) atoms. The van der Waals surface area contributed by atoms with Gasteiger partial charge in [-0.3, -0.25) is 0 Å². The van der Waals surface area contributed by atoms with Crippen molar-refractivity contribution in [2.45, 2.75) is 26.8 Å². The van der Waals surface area contributed by atoms with Crippen LogP contribution in [0.5, 0.6) is 11.5 Å². The van der Waals surface area contributed by atoms with E-state index in [0.717, 1.165) is 0 Å². The number of nitrogens with one attached hydrogen (secondary N) is 1. The summed E-state index contributed by atoms with van der Waals surface area (Å²) in [5, 5.41) is 3.04. The Kier molecular flexibility index (Phi) is 4.58. The molecule has 0 spiro atoms. The smallest absolute Gasteiger partial charge is 0.168 e. The lowest BCUT2D eigenvalue weighted by atomic mass is 10.0. The summed E-state index contributed by atoms with van der Waals surface area (Å²) in [4.78, 5) is 0. The number of benzene rings is 2. The number of halogens is 2. The predicted octanol–water partition coefficient (Wildman–Crippen LogP) is 4.65. The van der Waals surface area contributed by atoms with Gasteiger partial charge in [-0.15, -0.1) is 0 Å².